The van der Waals surface area contributed by atoms with Gasteiger partial charge in [-0.1, -0.05) is 11.3 Å². The number of carbonyl (C=O) groups excluding carboxylic acids is 1. The van der Waals surface area contributed by atoms with Crippen molar-refractivity contribution in [2.75, 3.05) is 32.1 Å². The van der Waals surface area contributed by atoms with Gasteiger partial charge in [0.1, 0.15) is 0 Å². The minimum absolute atomic E-state index is 0.0448. The van der Waals surface area contributed by atoms with E-state index in [1.807, 2.05) is 4.90 Å². The number of hydrogen-bond donors (Lipinski definition) is 2. The van der Waals surface area contributed by atoms with Crippen molar-refractivity contribution >= 4 is 22.4 Å². The number of anilines is 1. The van der Waals surface area contributed by atoms with E-state index in [0.717, 1.165) is 25.8 Å². The smallest absolute Gasteiger partial charge is 0.284 e. The molecule has 2 heterocycles. The molecule has 0 saturated carbocycles. The number of carbonyl (C=O) groups is 1. The first kappa shape index (κ1) is 13.2. The van der Waals surface area contributed by atoms with Gasteiger partial charge in [0.2, 0.25) is 10.1 Å². The number of nitrogens with zero attached hydrogens (tertiary/aromatic N) is 3. The van der Waals surface area contributed by atoms with E-state index in [1.54, 1.807) is 7.05 Å². The molecular formula is C11H18N4O2S. The molecule has 6 nitrogen and oxygen atoms in total. The summed E-state index contributed by atoms with van der Waals surface area (Å²) in [6, 6.07) is 0. The van der Waals surface area contributed by atoms with E-state index in [-0.39, 0.29) is 12.5 Å². The van der Waals surface area contributed by atoms with E-state index in [2.05, 4.69) is 15.5 Å². The molecule has 1 aromatic rings. The number of amides is 1. The third-order valence-electron chi connectivity index (χ3n) is 3.17. The SMILES string of the molecule is CNc1nnc(C(=O)N2CCCC(CCO)C2)s1. The lowest BCUT2D eigenvalue weighted by Crippen LogP contribution is -2.40. The largest absolute Gasteiger partial charge is 0.396 e. The summed E-state index contributed by atoms with van der Waals surface area (Å²) in [7, 11) is 1.76. The first-order valence-corrected chi connectivity index (χ1v) is 6.97. The summed E-state index contributed by atoms with van der Waals surface area (Å²) in [6.45, 7) is 1.68. The summed E-state index contributed by atoms with van der Waals surface area (Å²) < 4.78 is 0. The van der Waals surface area contributed by atoms with Crippen molar-refractivity contribution in [3.63, 3.8) is 0 Å². The molecule has 0 bridgehead atoms. The summed E-state index contributed by atoms with van der Waals surface area (Å²) >= 11 is 1.28. The Bertz CT molecular complexity index is 408. The highest BCUT2D eigenvalue weighted by atomic mass is 32.1. The Balaban J connectivity index is 1.99. The Hall–Kier alpha value is -1.21. The number of nitrogens with one attached hydrogen (secondary N) is 1. The molecule has 2 N–H and O–H groups in total. The molecule has 1 fully saturated rings. The lowest BCUT2D eigenvalue weighted by molar-refractivity contribution is 0.0652. The molecule has 0 spiro atoms. The Morgan fingerprint density at radius 2 is 2.44 bits per heavy atom. The van der Waals surface area contributed by atoms with Gasteiger partial charge >= 0.3 is 0 Å². The molecule has 1 aromatic heterocycles. The third kappa shape index (κ3) is 2.97. The average Bonchev–Trinajstić information content (AvgIpc) is 2.87. The molecule has 0 radical (unpaired) electrons. The Labute approximate surface area is 110 Å². The molecular weight excluding hydrogens is 252 g/mol. The zero-order valence-electron chi connectivity index (χ0n) is 10.4. The molecule has 0 aliphatic carbocycles. The fraction of sp³-hybridized carbons (Fsp3) is 0.727. The summed E-state index contributed by atoms with van der Waals surface area (Å²) in [5, 5.41) is 20.7. The maximum Gasteiger partial charge on any atom is 0.284 e. The highest BCUT2D eigenvalue weighted by Gasteiger charge is 2.26. The molecule has 18 heavy (non-hydrogen) atoms. The van der Waals surface area contributed by atoms with Crippen molar-refractivity contribution in [1.82, 2.24) is 15.1 Å². The molecule has 1 atom stereocenters. The number of aromatic nitrogens is 2. The fourth-order valence-corrected chi connectivity index (χ4v) is 2.88. The van der Waals surface area contributed by atoms with Crippen molar-refractivity contribution in [3.8, 4) is 0 Å². The quantitative estimate of drug-likeness (QED) is 0.846. The van der Waals surface area contributed by atoms with Crippen LogP contribution in [0.5, 0.6) is 0 Å². The van der Waals surface area contributed by atoms with Crippen LogP contribution < -0.4 is 5.32 Å². The van der Waals surface area contributed by atoms with Crippen LogP contribution in [0.1, 0.15) is 29.1 Å². The number of aliphatic hydroxyl groups excluding tert-OH is 1. The molecule has 1 amide bonds. The van der Waals surface area contributed by atoms with Crippen LogP contribution >= 0.6 is 11.3 Å². The topological polar surface area (TPSA) is 78.4 Å². The summed E-state index contributed by atoms with van der Waals surface area (Å²) in [6.07, 6.45) is 2.85. The van der Waals surface area contributed by atoms with Gasteiger partial charge in [0.15, 0.2) is 0 Å². The maximum absolute atomic E-state index is 12.2. The first-order chi connectivity index (χ1) is 8.74. The lowest BCUT2D eigenvalue weighted by Gasteiger charge is -2.31. The Morgan fingerprint density at radius 1 is 1.61 bits per heavy atom. The van der Waals surface area contributed by atoms with Crippen LogP contribution in [0.3, 0.4) is 0 Å². The van der Waals surface area contributed by atoms with Gasteiger partial charge in [0, 0.05) is 26.7 Å². The second kappa shape index (κ2) is 6.10. The van der Waals surface area contributed by atoms with Crippen LogP contribution in [-0.2, 0) is 0 Å². The molecule has 2 rings (SSSR count). The summed E-state index contributed by atoms with van der Waals surface area (Å²) in [5.41, 5.74) is 0. The summed E-state index contributed by atoms with van der Waals surface area (Å²) in [4.78, 5) is 14.0. The average molecular weight is 270 g/mol. The van der Waals surface area contributed by atoms with Crippen LogP contribution in [-0.4, -0.2) is 52.9 Å². The standard InChI is InChI=1S/C11H18N4O2S/c1-12-11-14-13-9(18-11)10(17)15-5-2-3-8(7-15)4-6-16/h8,16H,2-7H2,1H3,(H,12,14). The van der Waals surface area contributed by atoms with Gasteiger partial charge in [-0.05, 0) is 25.2 Å². The van der Waals surface area contributed by atoms with E-state index < -0.39 is 0 Å². The van der Waals surface area contributed by atoms with E-state index in [9.17, 15) is 4.79 Å². The fourth-order valence-electron chi connectivity index (χ4n) is 2.21. The van der Waals surface area contributed by atoms with Crippen LogP contribution in [0.15, 0.2) is 0 Å². The number of hydrogen-bond acceptors (Lipinski definition) is 6. The molecule has 0 aromatic carbocycles. The normalized spacial score (nSPS) is 19.9. The highest BCUT2D eigenvalue weighted by Crippen LogP contribution is 2.22. The van der Waals surface area contributed by atoms with Crippen LogP contribution in [0.4, 0.5) is 5.13 Å². The van der Waals surface area contributed by atoms with E-state index in [0.29, 0.717) is 22.6 Å². The van der Waals surface area contributed by atoms with Gasteiger partial charge in [-0.3, -0.25) is 4.79 Å². The van der Waals surface area contributed by atoms with Crippen molar-refractivity contribution in [2.24, 2.45) is 5.92 Å². The van der Waals surface area contributed by atoms with Gasteiger partial charge in [0.25, 0.3) is 5.91 Å². The van der Waals surface area contributed by atoms with E-state index in [1.165, 1.54) is 11.3 Å². The Kier molecular flexibility index (Phi) is 4.48. The third-order valence-corrected chi connectivity index (χ3v) is 4.09. The zero-order chi connectivity index (χ0) is 13.0. The van der Waals surface area contributed by atoms with Crippen molar-refractivity contribution in [2.45, 2.75) is 19.3 Å². The molecule has 100 valence electrons. The number of aliphatic hydroxyl groups is 1. The van der Waals surface area contributed by atoms with Crippen molar-refractivity contribution in [3.05, 3.63) is 5.01 Å². The minimum Gasteiger partial charge on any atom is -0.396 e. The number of likely N-dealkylation sites (tertiary alicyclic amines) is 1. The van der Waals surface area contributed by atoms with Gasteiger partial charge in [-0.2, -0.15) is 0 Å². The summed E-state index contributed by atoms with van der Waals surface area (Å²) in [5.74, 6) is 0.362. The molecule has 1 aliphatic rings. The van der Waals surface area contributed by atoms with Gasteiger partial charge in [0.05, 0.1) is 0 Å². The van der Waals surface area contributed by atoms with Crippen LogP contribution in [0, 0.1) is 5.92 Å². The lowest BCUT2D eigenvalue weighted by atomic mass is 9.95. The minimum atomic E-state index is -0.0448. The molecule has 1 unspecified atom stereocenters. The zero-order valence-corrected chi connectivity index (χ0v) is 11.2. The number of piperidine rings is 1. The first-order valence-electron chi connectivity index (χ1n) is 6.16. The van der Waals surface area contributed by atoms with Crippen molar-refractivity contribution in [1.29, 1.82) is 0 Å². The molecule has 7 heteroatoms. The van der Waals surface area contributed by atoms with Crippen LogP contribution in [0.2, 0.25) is 0 Å². The van der Waals surface area contributed by atoms with Gasteiger partial charge < -0.3 is 15.3 Å². The number of rotatable bonds is 4. The predicted molar refractivity (Wildman–Crippen MR) is 69.8 cm³/mol. The molecule has 1 saturated heterocycles. The second-order valence-corrected chi connectivity index (χ2v) is 5.41. The van der Waals surface area contributed by atoms with E-state index >= 15 is 0 Å². The molecule has 1 aliphatic heterocycles. The van der Waals surface area contributed by atoms with Gasteiger partial charge in [-0.15, -0.1) is 10.2 Å². The monoisotopic (exact) mass is 270 g/mol. The predicted octanol–water partition coefficient (Wildman–Crippen LogP) is 0.814. The second-order valence-electron chi connectivity index (χ2n) is 4.43. The highest BCUT2D eigenvalue weighted by molar-refractivity contribution is 7.17. The van der Waals surface area contributed by atoms with Crippen LogP contribution in [0.25, 0.3) is 0 Å². The maximum atomic E-state index is 12.2. The van der Waals surface area contributed by atoms with Gasteiger partial charge in [-0.25, -0.2) is 0 Å². The Morgan fingerprint density at radius 3 is 3.11 bits per heavy atom. The van der Waals surface area contributed by atoms with Crippen molar-refractivity contribution < 1.29 is 9.90 Å². The van der Waals surface area contributed by atoms with E-state index in [4.69, 9.17) is 5.11 Å².